The Kier molecular flexibility index (Phi) is 6.40. The minimum atomic E-state index is -0.609. The number of hydrogen-bond donors (Lipinski definition) is 1. The van der Waals surface area contributed by atoms with Crippen LogP contribution in [0.2, 0.25) is 0 Å². The second-order valence-corrected chi connectivity index (χ2v) is 9.48. The third kappa shape index (κ3) is 4.30. The fourth-order valence-corrected chi connectivity index (χ4v) is 4.14. The molecule has 164 valence electrons. The number of carbonyl (C=O) groups is 2. The summed E-state index contributed by atoms with van der Waals surface area (Å²) in [7, 11) is 0. The van der Waals surface area contributed by atoms with Crippen molar-refractivity contribution in [1.29, 1.82) is 0 Å². The van der Waals surface area contributed by atoms with Crippen molar-refractivity contribution in [2.45, 2.75) is 65.8 Å². The molecule has 0 bridgehead atoms. The fourth-order valence-electron chi connectivity index (χ4n) is 4.14. The summed E-state index contributed by atoms with van der Waals surface area (Å²) in [5, 5.41) is 11.4. The molecule has 0 aromatic heterocycles. The Morgan fingerprint density at radius 2 is 1.71 bits per heavy atom. The number of rotatable bonds is 5. The molecule has 0 radical (unpaired) electrons. The third-order valence-electron chi connectivity index (χ3n) is 6.13. The SMILES string of the molecule is CCCCN1C(=O)C(=O)/C(=C(/O)c2cc(C(C)(C)C)ccc2C)C1c1ccccc1C. The van der Waals surface area contributed by atoms with Crippen LogP contribution in [-0.2, 0) is 15.0 Å². The Hall–Kier alpha value is -2.88. The van der Waals surface area contributed by atoms with E-state index in [1.165, 1.54) is 0 Å². The number of unbranched alkanes of at least 4 members (excludes halogenated alkanes) is 1. The minimum absolute atomic E-state index is 0.0887. The van der Waals surface area contributed by atoms with Gasteiger partial charge in [-0.25, -0.2) is 0 Å². The molecule has 4 nitrogen and oxygen atoms in total. The fraction of sp³-hybridized carbons (Fsp3) is 0.407. The van der Waals surface area contributed by atoms with Gasteiger partial charge in [0.25, 0.3) is 11.7 Å². The van der Waals surface area contributed by atoms with Crippen LogP contribution in [-0.4, -0.2) is 28.2 Å². The van der Waals surface area contributed by atoms with E-state index in [9.17, 15) is 14.7 Å². The van der Waals surface area contributed by atoms with E-state index in [0.29, 0.717) is 12.1 Å². The highest BCUT2D eigenvalue weighted by Crippen LogP contribution is 2.41. The molecule has 1 fully saturated rings. The van der Waals surface area contributed by atoms with E-state index >= 15 is 0 Å². The van der Waals surface area contributed by atoms with E-state index in [-0.39, 0.29) is 16.7 Å². The monoisotopic (exact) mass is 419 g/mol. The summed E-state index contributed by atoms with van der Waals surface area (Å²) >= 11 is 0. The van der Waals surface area contributed by atoms with Gasteiger partial charge in [-0.15, -0.1) is 0 Å². The number of hydrogen-bond acceptors (Lipinski definition) is 3. The Morgan fingerprint density at radius 3 is 2.32 bits per heavy atom. The lowest BCUT2D eigenvalue weighted by Crippen LogP contribution is -2.30. The van der Waals surface area contributed by atoms with Gasteiger partial charge in [0.15, 0.2) is 0 Å². The lowest BCUT2D eigenvalue weighted by Gasteiger charge is -2.27. The number of nitrogens with zero attached hydrogens (tertiary/aromatic N) is 1. The highest BCUT2D eigenvalue weighted by Gasteiger charge is 2.46. The minimum Gasteiger partial charge on any atom is -0.507 e. The van der Waals surface area contributed by atoms with Gasteiger partial charge < -0.3 is 10.0 Å². The normalized spacial score (nSPS) is 18.6. The summed E-state index contributed by atoms with van der Waals surface area (Å²) in [6.07, 6.45) is 1.71. The van der Waals surface area contributed by atoms with Crippen LogP contribution < -0.4 is 0 Å². The Balaban J connectivity index is 2.25. The van der Waals surface area contributed by atoms with Gasteiger partial charge in [-0.1, -0.05) is 70.5 Å². The zero-order valence-corrected chi connectivity index (χ0v) is 19.5. The van der Waals surface area contributed by atoms with Crippen molar-refractivity contribution in [3.63, 3.8) is 0 Å². The van der Waals surface area contributed by atoms with Gasteiger partial charge in [-0.05, 0) is 54.0 Å². The van der Waals surface area contributed by atoms with Crippen LogP contribution in [0, 0.1) is 13.8 Å². The number of aliphatic hydroxyl groups excluding tert-OH is 1. The average molecular weight is 420 g/mol. The molecule has 2 aromatic rings. The van der Waals surface area contributed by atoms with E-state index in [1.807, 2.05) is 56.3 Å². The predicted octanol–water partition coefficient (Wildman–Crippen LogP) is 5.82. The van der Waals surface area contributed by atoms with Crippen molar-refractivity contribution >= 4 is 17.4 Å². The number of Topliss-reactive ketones (excluding diaryl/α,β-unsaturated/α-hetero) is 1. The number of ketones is 1. The van der Waals surface area contributed by atoms with Crippen molar-refractivity contribution in [3.05, 3.63) is 75.9 Å². The molecule has 1 saturated heterocycles. The van der Waals surface area contributed by atoms with Gasteiger partial charge in [-0.2, -0.15) is 0 Å². The van der Waals surface area contributed by atoms with Crippen LogP contribution in [0.5, 0.6) is 0 Å². The van der Waals surface area contributed by atoms with Gasteiger partial charge in [0.1, 0.15) is 5.76 Å². The number of benzene rings is 2. The molecular weight excluding hydrogens is 386 g/mol. The maximum atomic E-state index is 13.2. The van der Waals surface area contributed by atoms with Crippen LogP contribution >= 0.6 is 0 Å². The molecule has 31 heavy (non-hydrogen) atoms. The molecule has 4 heteroatoms. The molecule has 1 aliphatic heterocycles. The Bertz CT molecular complexity index is 1040. The molecule has 1 aliphatic rings. The molecular formula is C27H33NO3. The van der Waals surface area contributed by atoms with Crippen molar-refractivity contribution in [3.8, 4) is 0 Å². The quantitative estimate of drug-likeness (QED) is 0.377. The Morgan fingerprint density at radius 1 is 1.03 bits per heavy atom. The number of aryl methyl sites for hydroxylation is 2. The summed E-state index contributed by atoms with van der Waals surface area (Å²) in [6, 6.07) is 13.1. The van der Waals surface area contributed by atoms with Gasteiger partial charge in [0.2, 0.25) is 0 Å². The van der Waals surface area contributed by atoms with E-state index in [2.05, 4.69) is 27.7 Å². The van der Waals surface area contributed by atoms with E-state index < -0.39 is 17.7 Å². The first kappa shape index (κ1) is 22.8. The van der Waals surface area contributed by atoms with E-state index in [1.54, 1.807) is 4.90 Å². The smallest absolute Gasteiger partial charge is 0.295 e. The molecule has 1 N–H and O–H groups in total. The van der Waals surface area contributed by atoms with Crippen LogP contribution in [0.3, 0.4) is 0 Å². The standard InChI is InChI=1S/C27H33NO3/c1-7-8-15-28-23(20-12-10-9-11-17(20)2)22(25(30)26(28)31)24(29)21-16-19(27(4,5)6)14-13-18(21)3/h9-14,16,23,29H,7-8,15H2,1-6H3/b24-22+. The van der Waals surface area contributed by atoms with Crippen LogP contribution in [0.15, 0.2) is 48.0 Å². The summed E-state index contributed by atoms with van der Waals surface area (Å²) in [6.45, 7) is 12.8. The van der Waals surface area contributed by atoms with E-state index in [4.69, 9.17) is 0 Å². The van der Waals surface area contributed by atoms with Gasteiger partial charge in [0.05, 0.1) is 11.6 Å². The largest absolute Gasteiger partial charge is 0.507 e. The van der Waals surface area contributed by atoms with Crippen molar-refractivity contribution in [2.24, 2.45) is 0 Å². The first-order valence-corrected chi connectivity index (χ1v) is 11.0. The van der Waals surface area contributed by atoms with Crippen LogP contribution in [0.25, 0.3) is 5.76 Å². The van der Waals surface area contributed by atoms with Gasteiger partial charge in [-0.3, -0.25) is 9.59 Å². The van der Waals surface area contributed by atoms with Crippen LogP contribution in [0.4, 0.5) is 0 Å². The summed E-state index contributed by atoms with van der Waals surface area (Å²) in [5.74, 6) is -1.23. The summed E-state index contributed by atoms with van der Waals surface area (Å²) in [4.78, 5) is 27.8. The maximum Gasteiger partial charge on any atom is 0.295 e. The molecule has 1 atom stereocenters. The summed E-state index contributed by atoms with van der Waals surface area (Å²) < 4.78 is 0. The molecule has 1 heterocycles. The van der Waals surface area contributed by atoms with Crippen molar-refractivity contribution < 1.29 is 14.7 Å². The molecule has 0 spiro atoms. The lowest BCUT2D eigenvalue weighted by molar-refractivity contribution is -0.139. The van der Waals surface area contributed by atoms with E-state index in [0.717, 1.165) is 35.1 Å². The topological polar surface area (TPSA) is 57.6 Å². The number of amides is 1. The first-order chi connectivity index (χ1) is 14.6. The number of carbonyl (C=O) groups excluding carboxylic acids is 2. The van der Waals surface area contributed by atoms with Gasteiger partial charge >= 0.3 is 0 Å². The number of likely N-dealkylation sites (tertiary alicyclic amines) is 1. The molecule has 0 saturated carbocycles. The lowest BCUT2D eigenvalue weighted by atomic mass is 9.84. The van der Waals surface area contributed by atoms with Gasteiger partial charge in [0, 0.05) is 12.1 Å². The molecule has 0 aliphatic carbocycles. The van der Waals surface area contributed by atoms with Crippen molar-refractivity contribution in [1.82, 2.24) is 4.90 Å². The maximum absolute atomic E-state index is 13.2. The summed E-state index contributed by atoms with van der Waals surface area (Å²) in [5.41, 5.74) is 4.49. The van der Waals surface area contributed by atoms with Crippen LogP contribution in [0.1, 0.15) is 74.4 Å². The first-order valence-electron chi connectivity index (χ1n) is 11.0. The number of aliphatic hydroxyl groups is 1. The molecule has 2 aromatic carbocycles. The Labute approximate surface area is 185 Å². The second-order valence-electron chi connectivity index (χ2n) is 9.48. The van der Waals surface area contributed by atoms with Crippen molar-refractivity contribution in [2.75, 3.05) is 6.54 Å². The zero-order chi connectivity index (χ0) is 22.9. The predicted molar refractivity (Wildman–Crippen MR) is 125 cm³/mol. The molecule has 3 rings (SSSR count). The average Bonchev–Trinajstić information content (AvgIpc) is 2.96. The third-order valence-corrected chi connectivity index (χ3v) is 6.13. The zero-order valence-electron chi connectivity index (χ0n) is 19.5. The molecule has 1 unspecified atom stereocenters. The second kappa shape index (κ2) is 8.70. The highest BCUT2D eigenvalue weighted by molar-refractivity contribution is 6.46. The highest BCUT2D eigenvalue weighted by atomic mass is 16.3. The molecule has 1 amide bonds.